The van der Waals surface area contributed by atoms with Crippen LogP contribution < -0.4 is 0 Å². The van der Waals surface area contributed by atoms with Gasteiger partial charge in [-0.15, -0.1) is 0 Å². The molecule has 8 rings (SSSR count). The minimum atomic E-state index is 1.34. The molecule has 0 spiro atoms. The molecule has 0 saturated carbocycles. The Hall–Kier alpha value is -3.64. The Morgan fingerprint density at radius 2 is 0.767 bits per heavy atom. The van der Waals surface area contributed by atoms with E-state index in [0.717, 1.165) is 0 Å². The summed E-state index contributed by atoms with van der Waals surface area (Å²) >= 11 is 0. The molecule has 8 aromatic carbocycles. The second-order valence-electron chi connectivity index (χ2n) is 8.98. The fourth-order valence-electron chi connectivity index (χ4n) is 6.33. The van der Waals surface area contributed by atoms with Gasteiger partial charge in [0.05, 0.1) is 0 Å². The zero-order valence-electron chi connectivity index (χ0n) is 16.9. The standard InChI is InChI=1S/C30H18/c1-15-21-11-9-17-5-4-8-20-14-24-16(2)22-12-10-18-6-3-7-19-13-23(15)29(28(22)26(18)19)30(24)27(21)25(17)20/h3-14H,1-2H3. The molecular formula is C30H18. The smallest absolute Gasteiger partial charge is 0.00106 e. The molecule has 0 amide bonds. The van der Waals surface area contributed by atoms with Gasteiger partial charge in [0.1, 0.15) is 0 Å². The maximum atomic E-state index is 2.43. The van der Waals surface area contributed by atoms with Gasteiger partial charge in [-0.05, 0) is 113 Å². The van der Waals surface area contributed by atoms with Gasteiger partial charge in [0, 0.05) is 0 Å². The Bertz CT molecular complexity index is 1810. The van der Waals surface area contributed by atoms with Crippen molar-refractivity contribution in [2.45, 2.75) is 13.8 Å². The first-order chi connectivity index (χ1) is 14.7. The highest BCUT2D eigenvalue weighted by molar-refractivity contribution is 6.43. The second kappa shape index (κ2) is 4.74. The van der Waals surface area contributed by atoms with Crippen LogP contribution >= 0.6 is 0 Å². The van der Waals surface area contributed by atoms with Crippen molar-refractivity contribution < 1.29 is 0 Å². The van der Waals surface area contributed by atoms with Crippen LogP contribution in [0.15, 0.2) is 72.8 Å². The largest absolute Gasteiger partial charge is 0.0610 e. The van der Waals surface area contributed by atoms with Crippen molar-refractivity contribution in [2.75, 3.05) is 0 Å². The topological polar surface area (TPSA) is 0 Å². The van der Waals surface area contributed by atoms with Crippen LogP contribution in [0.2, 0.25) is 0 Å². The van der Waals surface area contributed by atoms with Crippen LogP contribution in [-0.2, 0) is 0 Å². The van der Waals surface area contributed by atoms with Crippen LogP contribution in [0.3, 0.4) is 0 Å². The lowest BCUT2D eigenvalue weighted by atomic mass is 9.80. The summed E-state index contributed by atoms with van der Waals surface area (Å²) in [6, 6.07) is 27.6. The summed E-state index contributed by atoms with van der Waals surface area (Å²) in [6.07, 6.45) is 0. The third-order valence-electron chi connectivity index (χ3n) is 7.66. The van der Waals surface area contributed by atoms with E-state index < -0.39 is 0 Å². The average molecular weight is 378 g/mol. The van der Waals surface area contributed by atoms with Gasteiger partial charge >= 0.3 is 0 Å². The summed E-state index contributed by atoms with van der Waals surface area (Å²) < 4.78 is 0. The molecule has 0 heterocycles. The van der Waals surface area contributed by atoms with Crippen LogP contribution in [0.25, 0.3) is 75.4 Å². The molecular weight excluding hydrogens is 360 g/mol. The van der Waals surface area contributed by atoms with Crippen molar-refractivity contribution in [2.24, 2.45) is 0 Å². The highest BCUT2D eigenvalue weighted by atomic mass is 14.2. The summed E-state index contributed by atoms with van der Waals surface area (Å²) in [4.78, 5) is 0. The zero-order chi connectivity index (χ0) is 19.7. The molecule has 0 aliphatic rings. The Balaban J connectivity index is 1.90. The van der Waals surface area contributed by atoms with E-state index in [0.29, 0.717) is 0 Å². The van der Waals surface area contributed by atoms with E-state index in [9.17, 15) is 0 Å². The summed E-state index contributed by atoms with van der Waals surface area (Å²) in [5.74, 6) is 0. The molecule has 0 atom stereocenters. The van der Waals surface area contributed by atoms with E-state index in [1.165, 1.54) is 86.5 Å². The van der Waals surface area contributed by atoms with Gasteiger partial charge in [-0.3, -0.25) is 0 Å². The first-order valence-electron chi connectivity index (χ1n) is 10.7. The monoisotopic (exact) mass is 378 g/mol. The molecule has 0 aromatic heterocycles. The maximum absolute atomic E-state index is 2.43. The van der Waals surface area contributed by atoms with E-state index in [1.807, 2.05) is 0 Å². The predicted molar refractivity (Wildman–Crippen MR) is 132 cm³/mol. The van der Waals surface area contributed by atoms with Gasteiger partial charge in [-0.1, -0.05) is 60.7 Å². The van der Waals surface area contributed by atoms with Crippen LogP contribution in [0.1, 0.15) is 11.1 Å². The fourth-order valence-corrected chi connectivity index (χ4v) is 6.33. The quantitative estimate of drug-likeness (QED) is 0.183. The van der Waals surface area contributed by atoms with Gasteiger partial charge in [0.2, 0.25) is 0 Å². The number of benzene rings is 8. The van der Waals surface area contributed by atoms with Crippen molar-refractivity contribution in [3.63, 3.8) is 0 Å². The van der Waals surface area contributed by atoms with Crippen LogP contribution in [-0.4, -0.2) is 0 Å². The Kier molecular flexibility index (Phi) is 2.41. The summed E-state index contributed by atoms with van der Waals surface area (Å²) in [5, 5.41) is 19.6. The first kappa shape index (κ1) is 15.2. The van der Waals surface area contributed by atoms with Gasteiger partial charge in [-0.2, -0.15) is 0 Å². The van der Waals surface area contributed by atoms with Gasteiger partial charge in [0.15, 0.2) is 0 Å². The highest BCUT2D eigenvalue weighted by Gasteiger charge is 2.22. The Labute approximate surface area is 173 Å². The minimum absolute atomic E-state index is 1.34. The molecule has 0 unspecified atom stereocenters. The van der Waals surface area contributed by atoms with Gasteiger partial charge in [-0.25, -0.2) is 0 Å². The maximum Gasteiger partial charge on any atom is -0.00106 e. The molecule has 0 nitrogen and oxygen atoms in total. The van der Waals surface area contributed by atoms with E-state index in [4.69, 9.17) is 0 Å². The molecule has 0 aliphatic heterocycles. The average Bonchev–Trinajstić information content (AvgIpc) is 2.78. The van der Waals surface area contributed by atoms with E-state index in [2.05, 4.69) is 86.6 Å². The SMILES string of the molecule is Cc1c2ccc3cccc4cc5c(C)c6ccc7cccc8cc1c(c6c78)c5c2c34. The minimum Gasteiger partial charge on any atom is -0.0610 e. The fraction of sp³-hybridized carbons (Fsp3) is 0.0667. The van der Waals surface area contributed by atoms with E-state index >= 15 is 0 Å². The number of hydrogen-bond acceptors (Lipinski definition) is 0. The normalized spacial score (nSPS) is 13.0. The third kappa shape index (κ3) is 1.49. The molecule has 138 valence electrons. The molecule has 8 aromatic rings. The lowest BCUT2D eigenvalue weighted by Crippen LogP contribution is -1.96. The molecule has 0 bridgehead atoms. The van der Waals surface area contributed by atoms with Gasteiger partial charge < -0.3 is 0 Å². The molecule has 0 fully saturated rings. The number of rotatable bonds is 0. The summed E-state index contributed by atoms with van der Waals surface area (Å²) in [7, 11) is 0. The van der Waals surface area contributed by atoms with Crippen molar-refractivity contribution >= 4 is 75.4 Å². The molecule has 0 radical (unpaired) electrons. The number of hydrogen-bond donors (Lipinski definition) is 0. The van der Waals surface area contributed by atoms with Crippen molar-refractivity contribution in [3.8, 4) is 0 Å². The van der Waals surface area contributed by atoms with Crippen molar-refractivity contribution in [1.82, 2.24) is 0 Å². The van der Waals surface area contributed by atoms with Crippen molar-refractivity contribution in [1.29, 1.82) is 0 Å². The van der Waals surface area contributed by atoms with Gasteiger partial charge in [0.25, 0.3) is 0 Å². The van der Waals surface area contributed by atoms with Crippen LogP contribution in [0.5, 0.6) is 0 Å². The summed E-state index contributed by atoms with van der Waals surface area (Å²) in [5.41, 5.74) is 2.80. The molecule has 0 N–H and O–H groups in total. The Morgan fingerprint density at radius 1 is 0.367 bits per heavy atom. The van der Waals surface area contributed by atoms with Crippen molar-refractivity contribution in [3.05, 3.63) is 83.9 Å². The third-order valence-corrected chi connectivity index (χ3v) is 7.66. The predicted octanol–water partition coefficient (Wildman–Crippen LogP) is 8.69. The van der Waals surface area contributed by atoms with E-state index in [1.54, 1.807) is 0 Å². The second-order valence-corrected chi connectivity index (χ2v) is 8.98. The molecule has 30 heavy (non-hydrogen) atoms. The lowest BCUT2D eigenvalue weighted by Gasteiger charge is -2.23. The van der Waals surface area contributed by atoms with Crippen LogP contribution in [0, 0.1) is 13.8 Å². The molecule has 0 aliphatic carbocycles. The summed E-state index contributed by atoms with van der Waals surface area (Å²) in [6.45, 7) is 4.62. The number of aryl methyl sites for hydroxylation is 2. The molecule has 0 heteroatoms. The lowest BCUT2D eigenvalue weighted by molar-refractivity contribution is 1.58. The molecule has 0 saturated heterocycles. The zero-order valence-corrected chi connectivity index (χ0v) is 16.9. The first-order valence-corrected chi connectivity index (χ1v) is 10.7. The highest BCUT2D eigenvalue weighted by Crippen LogP contribution is 2.50. The van der Waals surface area contributed by atoms with Crippen LogP contribution in [0.4, 0.5) is 0 Å². The Morgan fingerprint density at radius 3 is 1.23 bits per heavy atom. The van der Waals surface area contributed by atoms with E-state index in [-0.39, 0.29) is 0 Å².